The molecule has 4 aromatic rings. The smallest absolute Gasteiger partial charge is 0.457 e. The van der Waals surface area contributed by atoms with Crippen LogP contribution in [0.3, 0.4) is 0 Å². The summed E-state index contributed by atoms with van der Waals surface area (Å²) in [6, 6.07) is 0. The van der Waals surface area contributed by atoms with Crippen LogP contribution >= 0.6 is 0 Å². The molecule has 1 radical (unpaired) electrons. The summed E-state index contributed by atoms with van der Waals surface area (Å²) in [5, 5.41) is 0. The molecule has 0 saturated heterocycles. The van der Waals surface area contributed by atoms with Crippen molar-refractivity contribution < 1.29 is 96.7 Å². The summed E-state index contributed by atoms with van der Waals surface area (Å²) in [7, 11) is -3.87. The Kier molecular flexibility index (Phi) is 22.8. The number of hydrogen-bond donors (Lipinski definition) is 0. The normalized spacial score (nSPS) is 10.0. The number of nitrogens with zero attached hydrogens (tertiary/aromatic N) is 8. The zero-order chi connectivity index (χ0) is 33.1. The van der Waals surface area contributed by atoms with E-state index in [0.29, 0.717) is 22.7 Å². The number of aryl methyl sites for hydroxylation is 6. The first-order valence-electron chi connectivity index (χ1n) is 10.9. The molecule has 4 heterocycles. The van der Waals surface area contributed by atoms with E-state index in [1.54, 1.807) is 41.8 Å². The van der Waals surface area contributed by atoms with Crippen LogP contribution in [-0.2, 0) is 56.2 Å². The van der Waals surface area contributed by atoms with Crippen LogP contribution in [0.2, 0.25) is 0 Å². The molecule has 4 rings (SSSR count). The van der Waals surface area contributed by atoms with E-state index in [1.807, 2.05) is 0 Å². The third kappa shape index (κ3) is 15.0. The summed E-state index contributed by atoms with van der Waals surface area (Å²) in [5.41, 5.74) is 2.35. The number of rotatable bonds is 0. The maximum atomic E-state index is 11.8. The first-order chi connectivity index (χ1) is 18.9. The predicted molar refractivity (Wildman–Crippen MR) is 136 cm³/mol. The molecule has 0 saturated carbocycles. The van der Waals surface area contributed by atoms with Gasteiger partial charge in [0.1, 0.15) is 0 Å². The van der Waals surface area contributed by atoms with Gasteiger partial charge in [-0.3, -0.25) is 27.9 Å². The average molecular weight is 777 g/mol. The minimum Gasteiger partial charge on any atom is -0.457 e. The molecule has 0 atom stereocenters. The second kappa shape index (κ2) is 20.1. The zero-order valence-corrected chi connectivity index (χ0v) is 28.1. The van der Waals surface area contributed by atoms with Crippen LogP contribution in [0.25, 0.3) is 22.3 Å². The maximum absolute atomic E-state index is 11.8. The molecule has 0 aliphatic rings. The van der Waals surface area contributed by atoms with E-state index in [0.717, 1.165) is 20.5 Å². The Labute approximate surface area is 277 Å². The van der Waals surface area contributed by atoms with Crippen molar-refractivity contribution in [3.63, 3.8) is 0 Å². The van der Waals surface area contributed by atoms with Gasteiger partial charge in [0.15, 0.2) is 22.3 Å². The molecular formula is C20H34Cl2CuN8O16+2. The molecule has 0 amide bonds. The summed E-state index contributed by atoms with van der Waals surface area (Å²) < 4.78 is 72.7. The van der Waals surface area contributed by atoms with Crippen molar-refractivity contribution >= 4 is 22.3 Å². The van der Waals surface area contributed by atoms with Crippen molar-refractivity contribution in [3.8, 4) is 0 Å². The van der Waals surface area contributed by atoms with Crippen molar-refractivity contribution in [1.29, 1.82) is 0 Å². The first-order valence-corrected chi connectivity index (χ1v) is 13.4. The van der Waals surface area contributed by atoms with Gasteiger partial charge in [-0.05, 0) is 27.7 Å². The van der Waals surface area contributed by atoms with E-state index in [4.69, 9.17) is 37.3 Å². The molecule has 27 heteroatoms. The zero-order valence-electron chi connectivity index (χ0n) is 25.7. The number of aromatic nitrogens is 8. The molecule has 273 valence electrons. The average Bonchev–Trinajstić information content (AvgIpc) is 2.84. The SMILES string of the molecule is Cc1nc2c(=O)n(C)c(=O)n(C)c2nc1C.Cc1nc2c(=O)n(C)c(=O)n(C)c2nc1C.O.O.[Cu+2].[O-][Cl+3]([O-])([O-])[O-].[O-][Cl+3]([O-])([O-])[O-].[OH3+].[OH3+]. The molecule has 0 aromatic carbocycles. The second-order valence-electron chi connectivity index (χ2n) is 8.30. The molecule has 47 heavy (non-hydrogen) atoms. The van der Waals surface area contributed by atoms with Crippen LogP contribution in [0.1, 0.15) is 22.8 Å². The van der Waals surface area contributed by atoms with Gasteiger partial charge in [0, 0.05) is 28.2 Å². The fourth-order valence-electron chi connectivity index (χ4n) is 3.06. The molecule has 24 nitrogen and oxygen atoms in total. The minimum atomic E-state index is -4.94. The van der Waals surface area contributed by atoms with E-state index in [9.17, 15) is 19.2 Å². The third-order valence-electron chi connectivity index (χ3n) is 5.37. The van der Waals surface area contributed by atoms with Gasteiger partial charge in [0.25, 0.3) is 11.1 Å². The Morgan fingerprint density at radius 2 is 0.660 bits per heavy atom. The number of fused-ring (bicyclic) bond motifs is 2. The van der Waals surface area contributed by atoms with Crippen LogP contribution < -0.4 is 59.8 Å². The van der Waals surface area contributed by atoms with E-state index in [1.165, 1.54) is 23.2 Å². The fraction of sp³-hybridized carbons (Fsp3) is 0.400. The standard InChI is InChI=1S/2C10H12N4O2.2ClHO4.Cu.4H2O/c2*1-5-6(2)12-8-7(11-5)9(15)14(4)10(16)13(8)3;2*2-1(3,4)5;;;;;/h2*1-4H3;2*(H,2,3,4,5);;4*1H2/q;;;;+2;;;;. The van der Waals surface area contributed by atoms with Gasteiger partial charge in [0.05, 0.1) is 22.8 Å². The summed E-state index contributed by atoms with van der Waals surface area (Å²) in [5.74, 6) is 0. The summed E-state index contributed by atoms with van der Waals surface area (Å²) in [6.07, 6.45) is 0. The number of hydrogen-bond acceptors (Lipinski definition) is 16. The van der Waals surface area contributed by atoms with Crippen LogP contribution in [0.5, 0.6) is 0 Å². The second-order valence-corrected chi connectivity index (χ2v) is 9.81. The number of halogens is 2. The molecule has 0 aliphatic heterocycles. The van der Waals surface area contributed by atoms with Crippen molar-refractivity contribution in [2.45, 2.75) is 27.7 Å². The van der Waals surface area contributed by atoms with Crippen LogP contribution in [-0.4, -0.2) is 49.2 Å². The van der Waals surface area contributed by atoms with Gasteiger partial charge in [-0.1, -0.05) is 0 Å². The van der Waals surface area contributed by atoms with E-state index < -0.39 is 43.0 Å². The van der Waals surface area contributed by atoms with Gasteiger partial charge in [-0.25, -0.2) is 66.8 Å². The van der Waals surface area contributed by atoms with Crippen LogP contribution in [0.15, 0.2) is 19.2 Å². The molecule has 0 unspecified atom stereocenters. The molecule has 0 bridgehead atoms. The van der Waals surface area contributed by atoms with Crippen molar-refractivity contribution in [3.05, 3.63) is 64.5 Å². The molecule has 10 N–H and O–H groups in total. The molecule has 4 aromatic heterocycles. The van der Waals surface area contributed by atoms with Crippen LogP contribution in [0.4, 0.5) is 0 Å². The Hall–Kier alpha value is -3.34. The Bertz CT molecular complexity index is 1720. The molecule has 0 fully saturated rings. The van der Waals surface area contributed by atoms with E-state index in [2.05, 4.69) is 19.9 Å². The summed E-state index contributed by atoms with van der Waals surface area (Å²) in [4.78, 5) is 63.8. The van der Waals surface area contributed by atoms with Gasteiger partial charge in [-0.15, -0.1) is 20.5 Å². The summed E-state index contributed by atoms with van der Waals surface area (Å²) >= 11 is 0. The first kappa shape index (κ1) is 53.2. The van der Waals surface area contributed by atoms with Crippen molar-refractivity contribution in [1.82, 2.24) is 38.2 Å². The van der Waals surface area contributed by atoms with Gasteiger partial charge < -0.3 is 21.9 Å². The largest absolute Gasteiger partial charge is 2.00 e. The quantitative estimate of drug-likeness (QED) is 0.118. The predicted octanol–water partition coefficient (Wildman–Crippen LogP) is -13.7. The fourth-order valence-corrected chi connectivity index (χ4v) is 3.06. The molecule has 0 aliphatic carbocycles. The Balaban J connectivity index is -0.000000180. The Morgan fingerprint density at radius 3 is 0.872 bits per heavy atom. The van der Waals surface area contributed by atoms with E-state index >= 15 is 0 Å². The minimum absolute atomic E-state index is 0. The van der Waals surface area contributed by atoms with Crippen LogP contribution in [0, 0.1) is 48.2 Å². The third-order valence-corrected chi connectivity index (χ3v) is 5.37. The molecule has 0 spiro atoms. The van der Waals surface area contributed by atoms with Gasteiger partial charge in [0.2, 0.25) is 0 Å². The van der Waals surface area contributed by atoms with E-state index in [-0.39, 0.29) is 50.0 Å². The summed E-state index contributed by atoms with van der Waals surface area (Å²) in [6.45, 7) is 7.16. The topological polar surface area (TPSA) is 453 Å². The monoisotopic (exact) mass is 775 g/mol. The van der Waals surface area contributed by atoms with Crippen molar-refractivity contribution in [2.75, 3.05) is 0 Å². The van der Waals surface area contributed by atoms with Gasteiger partial charge in [-0.2, -0.15) is 0 Å². The van der Waals surface area contributed by atoms with Gasteiger partial charge >= 0.3 is 28.4 Å². The maximum Gasteiger partial charge on any atom is 2.00 e. The Morgan fingerprint density at radius 1 is 0.468 bits per heavy atom. The van der Waals surface area contributed by atoms with Crippen molar-refractivity contribution in [2.24, 2.45) is 28.2 Å². The molecular weight excluding hydrogens is 743 g/mol.